The fraction of sp³-hybridized carbons (Fsp3) is 0.355. The molecule has 0 saturated heterocycles. The quantitative estimate of drug-likeness (QED) is 0.299. The van der Waals surface area contributed by atoms with Crippen molar-refractivity contribution in [3.8, 4) is 5.75 Å². The molecule has 0 aliphatic heterocycles. The van der Waals surface area contributed by atoms with Crippen LogP contribution in [-0.4, -0.2) is 24.5 Å². The van der Waals surface area contributed by atoms with Gasteiger partial charge in [-0.15, -0.1) is 0 Å². The molecule has 0 aromatic heterocycles. The average molecular weight is 501 g/mol. The molecular formula is C31H32O4S. The van der Waals surface area contributed by atoms with E-state index in [1.54, 1.807) is 0 Å². The van der Waals surface area contributed by atoms with E-state index in [9.17, 15) is 9.59 Å². The lowest BCUT2D eigenvalue weighted by Gasteiger charge is -2.29. The third-order valence-corrected chi connectivity index (χ3v) is 10.5. The summed E-state index contributed by atoms with van der Waals surface area (Å²) in [6, 6.07) is 25.6. The standard InChI is InChI=1S/C31H32O4S/c1-20-13-26(36(24-9-5-3-6-10-24)25-11-7-4-8-12-25)14-21(2)30(20)34-19-28(32)35-23-15-22-16-31(17-23)18-27(31)29(22)33/h3-14,22-23,27,36H,15-19H2,1-2H3. The van der Waals surface area contributed by atoms with E-state index < -0.39 is 10.9 Å². The van der Waals surface area contributed by atoms with E-state index in [0.717, 1.165) is 36.1 Å². The number of benzene rings is 3. The molecular weight excluding hydrogens is 468 g/mol. The van der Waals surface area contributed by atoms with E-state index in [1.807, 2.05) is 26.0 Å². The van der Waals surface area contributed by atoms with Crippen molar-refractivity contribution in [2.45, 2.75) is 60.3 Å². The number of ketones is 1. The van der Waals surface area contributed by atoms with Gasteiger partial charge in [-0.25, -0.2) is 4.79 Å². The molecule has 0 amide bonds. The van der Waals surface area contributed by atoms with Crippen LogP contribution in [0.3, 0.4) is 0 Å². The summed E-state index contributed by atoms with van der Waals surface area (Å²) in [5, 5.41) is 0. The molecule has 36 heavy (non-hydrogen) atoms. The van der Waals surface area contributed by atoms with Crippen LogP contribution in [-0.2, 0) is 14.3 Å². The number of ether oxygens (including phenoxy) is 2. The van der Waals surface area contributed by atoms with Crippen molar-refractivity contribution in [3.63, 3.8) is 0 Å². The Bertz CT molecular complexity index is 1240. The van der Waals surface area contributed by atoms with Crippen LogP contribution in [0.25, 0.3) is 0 Å². The van der Waals surface area contributed by atoms with Crippen molar-refractivity contribution in [1.82, 2.24) is 0 Å². The fourth-order valence-corrected chi connectivity index (χ4v) is 9.02. The highest BCUT2D eigenvalue weighted by atomic mass is 32.2. The molecule has 6 rings (SSSR count). The third kappa shape index (κ3) is 4.24. The van der Waals surface area contributed by atoms with Gasteiger partial charge in [0.1, 0.15) is 17.6 Å². The monoisotopic (exact) mass is 500 g/mol. The van der Waals surface area contributed by atoms with Crippen LogP contribution in [0.1, 0.15) is 36.8 Å². The zero-order valence-electron chi connectivity index (χ0n) is 20.8. The smallest absolute Gasteiger partial charge is 0.344 e. The van der Waals surface area contributed by atoms with Gasteiger partial charge in [-0.05, 0) is 107 Å². The molecule has 3 aliphatic rings. The maximum atomic E-state index is 12.7. The zero-order valence-corrected chi connectivity index (χ0v) is 21.7. The first-order chi connectivity index (χ1) is 17.4. The topological polar surface area (TPSA) is 52.6 Å². The minimum atomic E-state index is -0.706. The normalized spacial score (nSPS) is 26.2. The van der Waals surface area contributed by atoms with Crippen molar-refractivity contribution >= 4 is 22.6 Å². The van der Waals surface area contributed by atoms with E-state index >= 15 is 0 Å². The van der Waals surface area contributed by atoms with Gasteiger partial charge in [0.25, 0.3) is 0 Å². The van der Waals surface area contributed by atoms with Crippen LogP contribution in [0.4, 0.5) is 0 Å². The van der Waals surface area contributed by atoms with E-state index in [0.29, 0.717) is 12.2 Å². The molecule has 3 aromatic carbocycles. The van der Waals surface area contributed by atoms with E-state index in [4.69, 9.17) is 9.47 Å². The molecule has 5 heteroatoms. The summed E-state index contributed by atoms with van der Waals surface area (Å²) in [5.41, 5.74) is 2.17. The second-order valence-electron chi connectivity index (χ2n) is 10.7. The molecule has 0 N–H and O–H groups in total. The average Bonchev–Trinajstić information content (AvgIpc) is 3.51. The Morgan fingerprint density at radius 1 is 0.889 bits per heavy atom. The largest absolute Gasteiger partial charge is 0.481 e. The number of aryl methyl sites for hydroxylation is 2. The summed E-state index contributed by atoms with van der Waals surface area (Å²) < 4.78 is 11.8. The van der Waals surface area contributed by atoms with Crippen molar-refractivity contribution in [2.24, 2.45) is 17.3 Å². The molecule has 4 unspecified atom stereocenters. The fourth-order valence-electron chi connectivity index (χ4n) is 6.54. The van der Waals surface area contributed by atoms with Crippen molar-refractivity contribution in [3.05, 3.63) is 83.9 Å². The summed E-state index contributed by atoms with van der Waals surface area (Å²) in [6.45, 7) is 3.97. The molecule has 186 valence electrons. The number of hydrogen-bond acceptors (Lipinski definition) is 4. The first-order valence-electron chi connectivity index (χ1n) is 12.8. The number of hydrogen-bond donors (Lipinski definition) is 1. The summed E-state index contributed by atoms with van der Waals surface area (Å²) in [7, 11) is -0.706. The summed E-state index contributed by atoms with van der Waals surface area (Å²) in [4.78, 5) is 28.8. The van der Waals surface area contributed by atoms with Crippen LogP contribution < -0.4 is 4.74 Å². The molecule has 2 bridgehead atoms. The third-order valence-electron chi connectivity index (χ3n) is 8.13. The molecule has 0 heterocycles. The van der Waals surface area contributed by atoms with Gasteiger partial charge in [-0.1, -0.05) is 36.4 Å². The summed E-state index contributed by atoms with van der Waals surface area (Å²) in [6.07, 6.45) is 3.35. The highest BCUT2D eigenvalue weighted by Crippen LogP contribution is 2.69. The Hall–Kier alpha value is -3.05. The zero-order chi connectivity index (χ0) is 24.9. The highest BCUT2D eigenvalue weighted by molar-refractivity contribution is 8.17. The second kappa shape index (κ2) is 9.11. The number of thiol groups is 1. The minimum Gasteiger partial charge on any atom is -0.481 e. The number of Topliss-reactive ketones (excluding diaryl/α,β-unsaturated/α-hetero) is 1. The summed E-state index contributed by atoms with van der Waals surface area (Å²) >= 11 is 0. The predicted molar refractivity (Wildman–Crippen MR) is 141 cm³/mol. The first-order valence-corrected chi connectivity index (χ1v) is 14.2. The van der Waals surface area contributed by atoms with E-state index in [1.165, 1.54) is 14.7 Å². The predicted octanol–water partition coefficient (Wildman–Crippen LogP) is 6.46. The maximum absolute atomic E-state index is 12.7. The van der Waals surface area contributed by atoms with Gasteiger partial charge in [-0.3, -0.25) is 4.79 Å². The Labute approximate surface area is 215 Å². The number of esters is 1. The Morgan fingerprint density at radius 2 is 1.50 bits per heavy atom. The van der Waals surface area contributed by atoms with Crippen LogP contribution in [0.5, 0.6) is 5.75 Å². The lowest BCUT2D eigenvalue weighted by atomic mass is 9.81. The van der Waals surface area contributed by atoms with E-state index in [2.05, 4.69) is 60.7 Å². The molecule has 4 atom stereocenters. The van der Waals surface area contributed by atoms with Crippen molar-refractivity contribution in [2.75, 3.05) is 6.61 Å². The van der Waals surface area contributed by atoms with Crippen LogP contribution in [0, 0.1) is 31.1 Å². The number of carbonyl (C=O) groups excluding carboxylic acids is 2. The van der Waals surface area contributed by atoms with Crippen molar-refractivity contribution in [1.29, 1.82) is 0 Å². The molecule has 0 radical (unpaired) electrons. The lowest BCUT2D eigenvalue weighted by Crippen LogP contribution is -2.31. The first kappa shape index (κ1) is 23.4. The van der Waals surface area contributed by atoms with Crippen molar-refractivity contribution < 1.29 is 19.1 Å². The maximum Gasteiger partial charge on any atom is 0.344 e. The van der Waals surface area contributed by atoms with Gasteiger partial charge in [0.2, 0.25) is 0 Å². The number of rotatable bonds is 7. The lowest BCUT2D eigenvalue weighted by molar-refractivity contribution is -0.155. The highest BCUT2D eigenvalue weighted by Gasteiger charge is 2.68. The SMILES string of the molecule is Cc1cc([SH](c2ccccc2)c2ccccc2)cc(C)c1OCC(=O)OC1CC2CC3(C1)CC3C2=O. The van der Waals surface area contributed by atoms with Gasteiger partial charge in [-0.2, -0.15) is 10.9 Å². The minimum absolute atomic E-state index is 0.0948. The number of carbonyl (C=O) groups is 2. The molecule has 1 spiro atoms. The van der Waals surface area contributed by atoms with E-state index in [-0.39, 0.29) is 35.9 Å². The molecule has 3 aromatic rings. The van der Waals surface area contributed by atoms with Crippen LogP contribution in [0.15, 0.2) is 87.5 Å². The van der Waals surface area contributed by atoms with Gasteiger partial charge >= 0.3 is 5.97 Å². The summed E-state index contributed by atoms with van der Waals surface area (Å²) in [5.74, 6) is 1.13. The molecule has 4 nitrogen and oxygen atoms in total. The second-order valence-corrected chi connectivity index (χ2v) is 12.9. The van der Waals surface area contributed by atoms with Gasteiger partial charge in [0.05, 0.1) is 0 Å². The Balaban J connectivity index is 1.16. The number of fused-ring (bicyclic) bond motifs is 1. The Kier molecular flexibility index (Phi) is 5.91. The van der Waals surface area contributed by atoms with Gasteiger partial charge < -0.3 is 9.47 Å². The molecule has 3 fully saturated rings. The van der Waals surface area contributed by atoms with Crippen LogP contribution in [0.2, 0.25) is 0 Å². The van der Waals surface area contributed by atoms with Crippen LogP contribution >= 0.6 is 10.9 Å². The Morgan fingerprint density at radius 3 is 2.08 bits per heavy atom. The molecule has 3 aliphatic carbocycles. The molecule has 3 saturated carbocycles. The van der Waals surface area contributed by atoms with Gasteiger partial charge in [0, 0.05) is 11.8 Å². The van der Waals surface area contributed by atoms with Gasteiger partial charge in [0.15, 0.2) is 6.61 Å².